The lowest BCUT2D eigenvalue weighted by molar-refractivity contribution is -0.158. The summed E-state index contributed by atoms with van der Waals surface area (Å²) in [6.07, 6.45) is 2.20. The maximum Gasteiger partial charge on any atom is 0.308 e. The molecule has 0 bridgehead atoms. The molecule has 0 saturated carbocycles. The highest BCUT2D eigenvalue weighted by Gasteiger charge is 2.45. The molecule has 0 fully saturated rings. The summed E-state index contributed by atoms with van der Waals surface area (Å²) < 4.78 is 0. The van der Waals surface area contributed by atoms with Crippen LogP contribution >= 0.6 is 0 Å². The van der Waals surface area contributed by atoms with Gasteiger partial charge in [-0.2, -0.15) is 0 Å². The van der Waals surface area contributed by atoms with Gasteiger partial charge in [-0.3, -0.25) is 9.59 Å². The average molecular weight is 212 g/mol. The van der Waals surface area contributed by atoms with Crippen molar-refractivity contribution in [3.05, 3.63) is 11.6 Å². The molecule has 0 heterocycles. The quantitative estimate of drug-likeness (QED) is 0.684. The van der Waals surface area contributed by atoms with Crippen LogP contribution in [-0.2, 0) is 9.59 Å². The van der Waals surface area contributed by atoms with Gasteiger partial charge in [0.05, 0.1) is 11.8 Å². The van der Waals surface area contributed by atoms with Crippen molar-refractivity contribution in [1.82, 2.24) is 0 Å². The third kappa shape index (κ3) is 2.19. The molecular formula is C11H16O4. The highest BCUT2D eigenvalue weighted by Crippen LogP contribution is 2.42. The Balaban J connectivity index is 3.16. The number of hydrogen-bond donors (Lipinski definition) is 2. The highest BCUT2D eigenvalue weighted by molar-refractivity contribution is 5.81. The van der Waals surface area contributed by atoms with E-state index in [0.29, 0.717) is 6.42 Å². The largest absolute Gasteiger partial charge is 0.481 e. The fourth-order valence-corrected chi connectivity index (χ4v) is 2.49. The summed E-state index contributed by atoms with van der Waals surface area (Å²) in [5, 5.41) is 18.1. The van der Waals surface area contributed by atoms with E-state index < -0.39 is 29.2 Å². The lowest BCUT2D eigenvalue weighted by Crippen LogP contribution is -2.42. The Hall–Kier alpha value is -1.32. The molecular weight excluding hydrogens is 196 g/mol. The van der Waals surface area contributed by atoms with Crippen molar-refractivity contribution in [2.75, 3.05) is 0 Å². The van der Waals surface area contributed by atoms with Gasteiger partial charge in [-0.15, -0.1) is 0 Å². The van der Waals surface area contributed by atoms with Crippen molar-refractivity contribution in [2.45, 2.75) is 27.2 Å². The van der Waals surface area contributed by atoms with Crippen LogP contribution in [0.4, 0.5) is 0 Å². The molecule has 84 valence electrons. The first-order valence-electron chi connectivity index (χ1n) is 4.89. The van der Waals surface area contributed by atoms with Gasteiger partial charge in [0.15, 0.2) is 0 Å². The number of aliphatic carboxylic acids is 2. The number of rotatable bonds is 2. The van der Waals surface area contributed by atoms with Crippen LogP contribution in [0.1, 0.15) is 27.2 Å². The molecule has 15 heavy (non-hydrogen) atoms. The van der Waals surface area contributed by atoms with Crippen LogP contribution in [0.25, 0.3) is 0 Å². The first-order chi connectivity index (χ1) is 6.75. The predicted molar refractivity (Wildman–Crippen MR) is 54.4 cm³/mol. The Bertz CT molecular complexity index is 327. The lowest BCUT2D eigenvalue weighted by atomic mass is 9.65. The topological polar surface area (TPSA) is 74.6 Å². The van der Waals surface area contributed by atoms with Crippen molar-refractivity contribution in [1.29, 1.82) is 0 Å². The van der Waals surface area contributed by atoms with Gasteiger partial charge in [-0.05, 0) is 18.8 Å². The Labute approximate surface area is 88.6 Å². The number of hydrogen-bond acceptors (Lipinski definition) is 2. The standard InChI is InChI=1S/C11H16O4/c1-6-4-7(9(12)13)8(10(14)15)11(2,3)5-6/h5,7-8H,4H2,1-3H3,(H,12,13)(H,14,15)/t7-,8-/m0/s1. The van der Waals surface area contributed by atoms with Crippen molar-refractivity contribution >= 4 is 11.9 Å². The molecule has 2 N–H and O–H groups in total. The van der Waals surface area contributed by atoms with Gasteiger partial charge in [0.25, 0.3) is 0 Å². The second-order valence-corrected chi connectivity index (χ2v) is 4.78. The minimum atomic E-state index is -1.03. The number of carboxylic acids is 2. The molecule has 0 amide bonds. The number of carboxylic acid groups (broad SMARTS) is 2. The summed E-state index contributed by atoms with van der Waals surface area (Å²) in [7, 11) is 0. The molecule has 0 aliphatic heterocycles. The third-order valence-electron chi connectivity index (χ3n) is 2.95. The van der Waals surface area contributed by atoms with E-state index in [4.69, 9.17) is 10.2 Å². The highest BCUT2D eigenvalue weighted by atomic mass is 16.4. The minimum absolute atomic E-state index is 0.329. The maximum absolute atomic E-state index is 11.1. The first-order valence-corrected chi connectivity index (χ1v) is 4.89. The van der Waals surface area contributed by atoms with Crippen LogP contribution in [0, 0.1) is 17.3 Å². The molecule has 2 atom stereocenters. The molecule has 0 unspecified atom stereocenters. The van der Waals surface area contributed by atoms with Gasteiger partial charge < -0.3 is 10.2 Å². The summed E-state index contributed by atoms with van der Waals surface area (Å²) in [5.74, 6) is -3.72. The molecule has 0 aromatic heterocycles. The maximum atomic E-state index is 11.1. The zero-order valence-corrected chi connectivity index (χ0v) is 9.15. The molecule has 1 rings (SSSR count). The van der Waals surface area contributed by atoms with Gasteiger partial charge in [-0.1, -0.05) is 25.5 Å². The normalized spacial score (nSPS) is 29.4. The summed E-state index contributed by atoms with van der Waals surface area (Å²) >= 11 is 0. The van der Waals surface area contributed by atoms with E-state index in [1.165, 1.54) is 0 Å². The van der Waals surface area contributed by atoms with Crippen LogP contribution in [0.5, 0.6) is 0 Å². The Kier molecular flexibility index (Phi) is 2.88. The Morgan fingerprint density at radius 2 is 1.87 bits per heavy atom. The summed E-state index contributed by atoms with van der Waals surface area (Å²) in [5.41, 5.74) is 0.349. The molecule has 4 heteroatoms. The smallest absolute Gasteiger partial charge is 0.308 e. The van der Waals surface area contributed by atoms with E-state index in [0.717, 1.165) is 5.57 Å². The molecule has 0 radical (unpaired) electrons. The Morgan fingerprint density at radius 3 is 2.27 bits per heavy atom. The van der Waals surface area contributed by atoms with Crippen molar-refractivity contribution in [3.8, 4) is 0 Å². The van der Waals surface area contributed by atoms with Crippen molar-refractivity contribution in [2.24, 2.45) is 17.3 Å². The number of allylic oxidation sites excluding steroid dienone is 2. The second kappa shape index (κ2) is 3.68. The molecule has 0 aromatic rings. The number of carbonyl (C=O) groups is 2. The van der Waals surface area contributed by atoms with E-state index in [1.807, 2.05) is 13.0 Å². The zero-order valence-electron chi connectivity index (χ0n) is 9.15. The molecule has 4 nitrogen and oxygen atoms in total. The Morgan fingerprint density at radius 1 is 1.33 bits per heavy atom. The molecule has 1 aliphatic carbocycles. The molecule has 0 spiro atoms. The van der Waals surface area contributed by atoms with Gasteiger partial charge in [0.2, 0.25) is 0 Å². The van der Waals surface area contributed by atoms with E-state index in [-0.39, 0.29) is 0 Å². The molecule has 1 aliphatic rings. The fourth-order valence-electron chi connectivity index (χ4n) is 2.49. The third-order valence-corrected chi connectivity index (χ3v) is 2.95. The van der Waals surface area contributed by atoms with E-state index in [9.17, 15) is 9.59 Å². The van der Waals surface area contributed by atoms with Crippen molar-refractivity contribution in [3.63, 3.8) is 0 Å². The molecule has 0 saturated heterocycles. The predicted octanol–water partition coefficient (Wildman–Crippen LogP) is 1.76. The second-order valence-electron chi connectivity index (χ2n) is 4.78. The first kappa shape index (κ1) is 11.8. The van der Waals surface area contributed by atoms with Crippen LogP contribution in [0.15, 0.2) is 11.6 Å². The van der Waals surface area contributed by atoms with Gasteiger partial charge >= 0.3 is 11.9 Å². The summed E-state index contributed by atoms with van der Waals surface area (Å²) in [6.45, 7) is 5.38. The summed E-state index contributed by atoms with van der Waals surface area (Å²) in [4.78, 5) is 22.1. The monoisotopic (exact) mass is 212 g/mol. The van der Waals surface area contributed by atoms with Gasteiger partial charge in [0.1, 0.15) is 0 Å². The lowest BCUT2D eigenvalue weighted by Gasteiger charge is -2.37. The van der Waals surface area contributed by atoms with E-state index in [2.05, 4.69) is 0 Å². The van der Waals surface area contributed by atoms with E-state index >= 15 is 0 Å². The van der Waals surface area contributed by atoms with Crippen molar-refractivity contribution < 1.29 is 19.8 Å². The van der Waals surface area contributed by atoms with Gasteiger partial charge in [0, 0.05) is 0 Å². The zero-order chi connectivity index (χ0) is 11.8. The minimum Gasteiger partial charge on any atom is -0.481 e. The SMILES string of the molecule is CC1=CC(C)(C)[C@H](C(=O)O)[C@@H](C(=O)O)C1. The van der Waals surface area contributed by atoms with Crippen LogP contribution in [-0.4, -0.2) is 22.2 Å². The van der Waals surface area contributed by atoms with Crippen LogP contribution in [0.2, 0.25) is 0 Å². The van der Waals surface area contributed by atoms with Crippen LogP contribution < -0.4 is 0 Å². The summed E-state index contributed by atoms with van der Waals surface area (Å²) in [6, 6.07) is 0. The van der Waals surface area contributed by atoms with Gasteiger partial charge in [-0.25, -0.2) is 0 Å². The van der Waals surface area contributed by atoms with Crippen LogP contribution in [0.3, 0.4) is 0 Å². The van der Waals surface area contributed by atoms with E-state index in [1.54, 1.807) is 13.8 Å². The fraction of sp³-hybridized carbons (Fsp3) is 0.636. The average Bonchev–Trinajstić information content (AvgIpc) is 1.98. The molecule has 0 aromatic carbocycles.